The highest BCUT2D eigenvalue weighted by molar-refractivity contribution is 9.11. The maximum atomic E-state index is 12.8. The van der Waals surface area contributed by atoms with E-state index in [1.54, 1.807) is 4.90 Å². The van der Waals surface area contributed by atoms with Gasteiger partial charge in [-0.1, -0.05) is 34.2 Å². The van der Waals surface area contributed by atoms with Crippen molar-refractivity contribution in [3.63, 3.8) is 0 Å². The Balaban J connectivity index is 1.63. The SMILES string of the molecule is O=CN[C@H]1CCCC2CCC(C(=O)NCC3=CCC=C(Br)C=C3)N2C1=O. The van der Waals surface area contributed by atoms with Gasteiger partial charge in [-0.3, -0.25) is 14.4 Å². The fourth-order valence-electron chi connectivity index (χ4n) is 3.94. The molecule has 2 aliphatic heterocycles. The molecule has 2 saturated heterocycles. The number of halogens is 1. The van der Waals surface area contributed by atoms with Crippen molar-refractivity contribution >= 4 is 34.2 Å². The molecule has 0 aromatic rings. The highest BCUT2D eigenvalue weighted by atomic mass is 79.9. The van der Waals surface area contributed by atoms with E-state index in [1.165, 1.54) is 0 Å². The van der Waals surface area contributed by atoms with Crippen LogP contribution in [0.15, 0.2) is 34.4 Å². The molecule has 0 aromatic carbocycles. The number of carbonyl (C=O) groups is 3. The van der Waals surface area contributed by atoms with Gasteiger partial charge in [0.2, 0.25) is 18.2 Å². The molecule has 2 unspecified atom stereocenters. The standard InChI is InChI=1S/C19H24BrN3O3/c20-14-4-1-3-13(7-8-14)11-21-18(25)17-10-9-15-5-2-6-16(22-12-24)19(26)23(15)17/h3-4,7-8,12,15-17H,1-2,5-6,9-11H2,(H,21,25)(H,22,24)/t15?,16-,17?/m0/s1. The normalized spacial score (nSPS) is 28.4. The topological polar surface area (TPSA) is 78.5 Å². The van der Waals surface area contributed by atoms with Crippen LogP contribution in [-0.4, -0.2) is 47.8 Å². The zero-order valence-corrected chi connectivity index (χ0v) is 16.2. The van der Waals surface area contributed by atoms with E-state index in [0.29, 0.717) is 25.8 Å². The highest BCUT2D eigenvalue weighted by Crippen LogP contribution is 2.31. The number of amides is 3. The minimum atomic E-state index is -0.512. The largest absolute Gasteiger partial charge is 0.350 e. The van der Waals surface area contributed by atoms with Crippen molar-refractivity contribution in [1.29, 1.82) is 0 Å². The predicted octanol–water partition coefficient (Wildman–Crippen LogP) is 1.93. The molecule has 3 amide bonds. The minimum absolute atomic E-state index is 0.105. The van der Waals surface area contributed by atoms with E-state index in [0.717, 1.165) is 35.7 Å². The van der Waals surface area contributed by atoms with Gasteiger partial charge in [-0.15, -0.1) is 0 Å². The van der Waals surface area contributed by atoms with Crippen LogP contribution in [0, 0.1) is 0 Å². The van der Waals surface area contributed by atoms with Crippen molar-refractivity contribution in [2.45, 2.75) is 56.7 Å². The lowest BCUT2D eigenvalue weighted by Gasteiger charge is -2.30. The molecule has 7 heteroatoms. The number of hydrogen-bond acceptors (Lipinski definition) is 3. The molecule has 3 rings (SSSR count). The first-order chi connectivity index (χ1) is 12.6. The third-order valence-electron chi connectivity index (χ3n) is 5.27. The first-order valence-corrected chi connectivity index (χ1v) is 9.92. The van der Waals surface area contributed by atoms with Crippen LogP contribution in [0.1, 0.15) is 38.5 Å². The zero-order valence-electron chi connectivity index (χ0n) is 14.6. The number of nitrogens with zero attached hydrogens (tertiary/aromatic N) is 1. The number of fused-ring (bicyclic) bond motifs is 1. The number of hydrogen-bond donors (Lipinski definition) is 2. The first kappa shape index (κ1) is 18.9. The average molecular weight is 422 g/mol. The Morgan fingerprint density at radius 1 is 1.23 bits per heavy atom. The summed E-state index contributed by atoms with van der Waals surface area (Å²) in [7, 11) is 0. The Bertz CT molecular complexity index is 671. The summed E-state index contributed by atoms with van der Waals surface area (Å²) < 4.78 is 1.03. The lowest BCUT2D eigenvalue weighted by molar-refractivity contribution is -0.141. The second kappa shape index (κ2) is 8.66. The summed E-state index contributed by atoms with van der Waals surface area (Å²) in [6.07, 6.45) is 13.4. The Kier molecular flexibility index (Phi) is 6.29. The monoisotopic (exact) mass is 421 g/mol. The summed E-state index contributed by atoms with van der Waals surface area (Å²) in [6, 6.07) is -0.850. The summed E-state index contributed by atoms with van der Waals surface area (Å²) >= 11 is 3.45. The van der Waals surface area contributed by atoms with Gasteiger partial charge >= 0.3 is 0 Å². The molecule has 0 spiro atoms. The summed E-state index contributed by atoms with van der Waals surface area (Å²) in [5, 5.41) is 5.59. The molecule has 2 fully saturated rings. The molecule has 6 nitrogen and oxygen atoms in total. The number of allylic oxidation sites excluding steroid dienone is 4. The van der Waals surface area contributed by atoms with Gasteiger partial charge in [0.05, 0.1) is 0 Å². The van der Waals surface area contributed by atoms with Crippen molar-refractivity contribution in [2.75, 3.05) is 6.54 Å². The molecule has 2 heterocycles. The number of nitrogens with one attached hydrogen (secondary N) is 2. The van der Waals surface area contributed by atoms with Gasteiger partial charge in [0.15, 0.2) is 0 Å². The average Bonchev–Trinajstić information content (AvgIpc) is 2.85. The van der Waals surface area contributed by atoms with E-state index in [1.807, 2.05) is 12.2 Å². The molecule has 2 N–H and O–H groups in total. The molecule has 0 saturated carbocycles. The molecular weight excluding hydrogens is 398 g/mol. The molecule has 0 radical (unpaired) electrons. The summed E-state index contributed by atoms with van der Waals surface area (Å²) in [5.41, 5.74) is 1.04. The quantitative estimate of drug-likeness (QED) is 0.665. The molecule has 140 valence electrons. The van der Waals surface area contributed by atoms with E-state index in [-0.39, 0.29) is 17.9 Å². The van der Waals surface area contributed by atoms with E-state index in [2.05, 4.69) is 38.7 Å². The predicted molar refractivity (Wildman–Crippen MR) is 102 cm³/mol. The molecule has 3 atom stereocenters. The van der Waals surface area contributed by atoms with Crippen LogP contribution in [0.4, 0.5) is 0 Å². The van der Waals surface area contributed by atoms with E-state index in [9.17, 15) is 14.4 Å². The van der Waals surface area contributed by atoms with E-state index < -0.39 is 12.1 Å². The maximum Gasteiger partial charge on any atom is 0.246 e. The van der Waals surface area contributed by atoms with Gasteiger partial charge in [0, 0.05) is 17.1 Å². The van der Waals surface area contributed by atoms with Crippen LogP contribution in [-0.2, 0) is 14.4 Å². The van der Waals surface area contributed by atoms with Gasteiger partial charge in [-0.25, -0.2) is 0 Å². The molecule has 0 aromatic heterocycles. The lowest BCUT2D eigenvalue weighted by Crippen LogP contribution is -2.53. The van der Waals surface area contributed by atoms with Gasteiger partial charge in [0.1, 0.15) is 12.1 Å². The Hall–Kier alpha value is -1.89. The Morgan fingerprint density at radius 3 is 2.88 bits per heavy atom. The van der Waals surface area contributed by atoms with Gasteiger partial charge in [0.25, 0.3) is 0 Å². The van der Waals surface area contributed by atoms with Crippen molar-refractivity contribution in [3.05, 3.63) is 34.4 Å². The summed E-state index contributed by atoms with van der Waals surface area (Å²) in [5.74, 6) is -0.239. The van der Waals surface area contributed by atoms with Crippen LogP contribution in [0.5, 0.6) is 0 Å². The van der Waals surface area contributed by atoms with Crippen LogP contribution >= 0.6 is 15.9 Å². The summed E-state index contributed by atoms with van der Waals surface area (Å²) in [6.45, 7) is 0.447. The lowest BCUT2D eigenvalue weighted by atomic mass is 10.1. The molecular formula is C19H24BrN3O3. The first-order valence-electron chi connectivity index (χ1n) is 9.12. The van der Waals surface area contributed by atoms with Gasteiger partial charge < -0.3 is 15.5 Å². The third-order valence-corrected chi connectivity index (χ3v) is 5.86. The van der Waals surface area contributed by atoms with Gasteiger partial charge in [-0.05, 0) is 50.2 Å². The van der Waals surface area contributed by atoms with Crippen LogP contribution in [0.2, 0.25) is 0 Å². The second-order valence-electron chi connectivity index (χ2n) is 6.92. The van der Waals surface area contributed by atoms with Crippen molar-refractivity contribution in [3.8, 4) is 0 Å². The fourth-order valence-corrected chi connectivity index (χ4v) is 4.26. The van der Waals surface area contributed by atoms with Gasteiger partial charge in [-0.2, -0.15) is 0 Å². The van der Waals surface area contributed by atoms with Crippen LogP contribution in [0.25, 0.3) is 0 Å². The fraction of sp³-hybridized carbons (Fsp3) is 0.526. The molecule has 26 heavy (non-hydrogen) atoms. The molecule has 0 bridgehead atoms. The smallest absolute Gasteiger partial charge is 0.246 e. The van der Waals surface area contributed by atoms with Crippen molar-refractivity contribution < 1.29 is 14.4 Å². The van der Waals surface area contributed by atoms with Crippen LogP contribution in [0.3, 0.4) is 0 Å². The summed E-state index contributed by atoms with van der Waals surface area (Å²) in [4.78, 5) is 38.1. The molecule has 3 aliphatic rings. The van der Waals surface area contributed by atoms with Crippen LogP contribution < -0.4 is 10.6 Å². The maximum absolute atomic E-state index is 12.8. The zero-order chi connectivity index (χ0) is 18.5. The van der Waals surface area contributed by atoms with Crippen molar-refractivity contribution in [2.24, 2.45) is 0 Å². The Labute approximate surface area is 161 Å². The Morgan fingerprint density at radius 2 is 2.08 bits per heavy atom. The number of carbonyl (C=O) groups excluding carboxylic acids is 3. The van der Waals surface area contributed by atoms with Crippen molar-refractivity contribution in [1.82, 2.24) is 15.5 Å². The van der Waals surface area contributed by atoms with E-state index >= 15 is 0 Å². The number of rotatable bonds is 5. The molecule has 1 aliphatic carbocycles. The second-order valence-corrected chi connectivity index (χ2v) is 7.83. The van der Waals surface area contributed by atoms with E-state index in [4.69, 9.17) is 0 Å². The highest BCUT2D eigenvalue weighted by Gasteiger charge is 2.44. The minimum Gasteiger partial charge on any atom is -0.350 e. The third kappa shape index (κ3) is 4.26.